The molecule has 0 saturated carbocycles. The maximum Gasteiger partial charge on any atom is 0.254 e. The van der Waals surface area contributed by atoms with Gasteiger partial charge < -0.3 is 15.1 Å². The van der Waals surface area contributed by atoms with Gasteiger partial charge in [0.05, 0.1) is 11.8 Å². The molecule has 2 heterocycles. The van der Waals surface area contributed by atoms with Gasteiger partial charge in [0.2, 0.25) is 0 Å². The van der Waals surface area contributed by atoms with Gasteiger partial charge in [-0.1, -0.05) is 0 Å². The fourth-order valence-corrected chi connectivity index (χ4v) is 2.21. The van der Waals surface area contributed by atoms with Gasteiger partial charge in [-0.05, 0) is 26.4 Å². The molecule has 0 aliphatic carbocycles. The molecule has 0 aromatic carbocycles. The fraction of sp³-hybridized carbons (Fsp3) is 0.692. The average Bonchev–Trinajstić information content (AvgIpc) is 2.94. The number of amides is 1. The minimum Gasteiger partial charge on any atom is -0.352 e. The summed E-state index contributed by atoms with van der Waals surface area (Å²) in [5.41, 5.74) is 0.596. The molecule has 2 rings (SSSR count). The van der Waals surface area contributed by atoms with E-state index in [0.29, 0.717) is 5.56 Å². The number of H-pyrrole nitrogens is 1. The van der Waals surface area contributed by atoms with Gasteiger partial charge in [-0.3, -0.25) is 9.89 Å². The van der Waals surface area contributed by atoms with Crippen LogP contribution in [-0.4, -0.2) is 72.2 Å². The molecule has 0 atom stereocenters. The van der Waals surface area contributed by atoms with Gasteiger partial charge in [-0.2, -0.15) is 5.10 Å². The second kappa shape index (κ2) is 7.25. The minimum absolute atomic E-state index is 0.0478. The first-order chi connectivity index (χ1) is 9.25. The molecule has 106 valence electrons. The van der Waals surface area contributed by atoms with Crippen molar-refractivity contribution in [2.45, 2.75) is 12.8 Å². The van der Waals surface area contributed by atoms with Crippen LogP contribution in [0.5, 0.6) is 0 Å². The topological polar surface area (TPSA) is 64.3 Å². The van der Waals surface area contributed by atoms with Crippen LogP contribution in [0.15, 0.2) is 12.4 Å². The summed E-state index contributed by atoms with van der Waals surface area (Å²) in [6.07, 6.45) is 5.31. The van der Waals surface area contributed by atoms with Crippen LogP contribution in [-0.2, 0) is 0 Å². The predicted octanol–water partition coefficient (Wildman–Crippen LogP) is 0.167. The molecule has 1 fully saturated rings. The number of unbranched alkanes of at least 4 members (excludes halogenated alkanes) is 1. The minimum atomic E-state index is -0.0478. The number of nitrogens with zero attached hydrogens (tertiary/aromatic N) is 3. The smallest absolute Gasteiger partial charge is 0.254 e. The molecule has 1 aromatic rings. The third-order valence-corrected chi connectivity index (χ3v) is 3.54. The normalized spacial score (nSPS) is 17.5. The average molecular weight is 265 g/mol. The highest BCUT2D eigenvalue weighted by Gasteiger charge is 2.12. The van der Waals surface area contributed by atoms with E-state index in [-0.39, 0.29) is 5.91 Å². The lowest BCUT2D eigenvalue weighted by molar-refractivity contribution is 0.0952. The van der Waals surface area contributed by atoms with Crippen molar-refractivity contribution in [1.82, 2.24) is 25.3 Å². The monoisotopic (exact) mass is 265 g/mol. The van der Waals surface area contributed by atoms with Crippen LogP contribution >= 0.6 is 0 Å². The molecule has 1 saturated heterocycles. The van der Waals surface area contributed by atoms with Gasteiger partial charge >= 0.3 is 0 Å². The third kappa shape index (κ3) is 4.65. The van der Waals surface area contributed by atoms with E-state index in [2.05, 4.69) is 32.4 Å². The van der Waals surface area contributed by atoms with E-state index in [1.165, 1.54) is 0 Å². The Kier molecular flexibility index (Phi) is 5.35. The van der Waals surface area contributed by atoms with E-state index in [9.17, 15) is 4.79 Å². The highest BCUT2D eigenvalue weighted by Crippen LogP contribution is 2.01. The Balaban J connectivity index is 1.51. The fourth-order valence-electron chi connectivity index (χ4n) is 2.21. The number of likely N-dealkylation sites (N-methyl/N-ethyl adjacent to an activating group) is 1. The van der Waals surface area contributed by atoms with Crippen LogP contribution in [0.25, 0.3) is 0 Å². The molecular formula is C13H23N5O. The third-order valence-electron chi connectivity index (χ3n) is 3.54. The van der Waals surface area contributed by atoms with Crippen molar-refractivity contribution in [2.24, 2.45) is 0 Å². The summed E-state index contributed by atoms with van der Waals surface area (Å²) in [6.45, 7) is 6.53. The number of aromatic nitrogens is 2. The standard InChI is InChI=1S/C13H23N5O/c1-17-6-8-18(9-7-17)5-3-2-4-14-13(19)12-10-15-16-11-12/h10-11H,2-9H2,1H3,(H,14,19)(H,15,16). The second-order valence-corrected chi connectivity index (χ2v) is 5.09. The molecule has 0 radical (unpaired) electrons. The van der Waals surface area contributed by atoms with E-state index in [1.807, 2.05) is 0 Å². The number of hydrogen-bond donors (Lipinski definition) is 2. The lowest BCUT2D eigenvalue weighted by Gasteiger charge is -2.32. The van der Waals surface area contributed by atoms with Gasteiger partial charge in [0.25, 0.3) is 5.91 Å². The molecule has 19 heavy (non-hydrogen) atoms. The highest BCUT2D eigenvalue weighted by molar-refractivity contribution is 5.93. The summed E-state index contributed by atoms with van der Waals surface area (Å²) in [5.74, 6) is -0.0478. The molecule has 0 unspecified atom stereocenters. The molecule has 1 aromatic heterocycles. The van der Waals surface area contributed by atoms with Gasteiger partial charge in [-0.15, -0.1) is 0 Å². The summed E-state index contributed by atoms with van der Waals surface area (Å²) in [5, 5.41) is 9.30. The van der Waals surface area contributed by atoms with Crippen molar-refractivity contribution in [3.63, 3.8) is 0 Å². The van der Waals surface area contributed by atoms with Crippen LogP contribution in [0.4, 0.5) is 0 Å². The van der Waals surface area contributed by atoms with Crippen LogP contribution in [0.1, 0.15) is 23.2 Å². The van der Waals surface area contributed by atoms with Crippen LogP contribution in [0.2, 0.25) is 0 Å². The maximum atomic E-state index is 11.6. The van der Waals surface area contributed by atoms with E-state index < -0.39 is 0 Å². The lowest BCUT2D eigenvalue weighted by atomic mass is 10.2. The van der Waals surface area contributed by atoms with Crippen molar-refractivity contribution < 1.29 is 4.79 Å². The van der Waals surface area contributed by atoms with E-state index >= 15 is 0 Å². The number of piperazine rings is 1. The molecule has 0 spiro atoms. The Morgan fingerprint density at radius 2 is 2.16 bits per heavy atom. The first kappa shape index (κ1) is 14.0. The number of nitrogens with one attached hydrogen (secondary N) is 2. The molecule has 2 N–H and O–H groups in total. The molecule has 1 aliphatic heterocycles. The van der Waals surface area contributed by atoms with Crippen molar-refractivity contribution in [1.29, 1.82) is 0 Å². The Hall–Kier alpha value is -1.40. The molecule has 6 nitrogen and oxygen atoms in total. The first-order valence-corrected chi connectivity index (χ1v) is 6.93. The highest BCUT2D eigenvalue weighted by atomic mass is 16.1. The van der Waals surface area contributed by atoms with E-state index in [4.69, 9.17) is 0 Å². The Labute approximate surface area is 114 Å². The van der Waals surface area contributed by atoms with Gasteiger partial charge in [0, 0.05) is 38.9 Å². The van der Waals surface area contributed by atoms with Crippen LogP contribution in [0.3, 0.4) is 0 Å². The summed E-state index contributed by atoms with van der Waals surface area (Å²) >= 11 is 0. The van der Waals surface area contributed by atoms with Crippen LogP contribution in [0, 0.1) is 0 Å². The Morgan fingerprint density at radius 1 is 1.37 bits per heavy atom. The molecule has 1 aliphatic rings. The summed E-state index contributed by atoms with van der Waals surface area (Å²) in [6, 6.07) is 0. The SMILES string of the molecule is CN1CCN(CCCCNC(=O)c2cn[nH]c2)CC1. The van der Waals surface area contributed by atoms with E-state index in [0.717, 1.165) is 52.1 Å². The lowest BCUT2D eigenvalue weighted by Crippen LogP contribution is -2.44. The predicted molar refractivity (Wildman–Crippen MR) is 74.1 cm³/mol. The molecule has 0 bridgehead atoms. The number of rotatable bonds is 6. The molecule has 6 heteroatoms. The van der Waals surface area contributed by atoms with Crippen LogP contribution < -0.4 is 5.32 Å². The number of carbonyl (C=O) groups excluding carboxylic acids is 1. The second-order valence-electron chi connectivity index (χ2n) is 5.09. The Morgan fingerprint density at radius 3 is 2.84 bits per heavy atom. The summed E-state index contributed by atoms with van der Waals surface area (Å²) < 4.78 is 0. The number of aromatic amines is 1. The zero-order valence-electron chi connectivity index (χ0n) is 11.6. The largest absolute Gasteiger partial charge is 0.352 e. The zero-order chi connectivity index (χ0) is 13.5. The van der Waals surface area contributed by atoms with Crippen molar-refractivity contribution >= 4 is 5.91 Å². The molecule has 1 amide bonds. The molecular weight excluding hydrogens is 242 g/mol. The maximum absolute atomic E-state index is 11.6. The first-order valence-electron chi connectivity index (χ1n) is 6.93. The number of hydrogen-bond acceptors (Lipinski definition) is 4. The summed E-state index contributed by atoms with van der Waals surface area (Å²) in [4.78, 5) is 16.5. The van der Waals surface area contributed by atoms with Gasteiger partial charge in [0.1, 0.15) is 0 Å². The van der Waals surface area contributed by atoms with E-state index in [1.54, 1.807) is 12.4 Å². The van der Waals surface area contributed by atoms with Crippen molar-refractivity contribution in [3.05, 3.63) is 18.0 Å². The summed E-state index contributed by atoms with van der Waals surface area (Å²) in [7, 11) is 2.17. The van der Waals surface area contributed by atoms with Crippen molar-refractivity contribution in [2.75, 3.05) is 46.3 Å². The zero-order valence-corrected chi connectivity index (χ0v) is 11.6. The quantitative estimate of drug-likeness (QED) is 0.720. The Bertz CT molecular complexity index is 370. The number of carbonyl (C=O) groups is 1. The van der Waals surface area contributed by atoms with Gasteiger partial charge in [-0.25, -0.2) is 0 Å². The van der Waals surface area contributed by atoms with Gasteiger partial charge in [0.15, 0.2) is 0 Å². The van der Waals surface area contributed by atoms with Crippen molar-refractivity contribution in [3.8, 4) is 0 Å².